The molecule has 3 rings (SSSR count). The number of hydrogen-bond donors (Lipinski definition) is 2. The van der Waals surface area contributed by atoms with Crippen LogP contribution in [-0.2, 0) is 0 Å². The fourth-order valence-corrected chi connectivity index (χ4v) is 3.82. The van der Waals surface area contributed by atoms with Crippen LogP contribution in [0.4, 0.5) is 0 Å². The van der Waals surface area contributed by atoms with Crippen molar-refractivity contribution in [1.29, 1.82) is 0 Å². The number of rotatable bonds is 4. The van der Waals surface area contributed by atoms with E-state index in [-0.39, 0.29) is 0 Å². The Morgan fingerprint density at radius 2 is 2.27 bits per heavy atom. The summed E-state index contributed by atoms with van der Waals surface area (Å²) in [5, 5.41) is 13.5. The van der Waals surface area contributed by atoms with Gasteiger partial charge in [-0.15, -0.1) is 0 Å². The second kappa shape index (κ2) is 6.73. The number of guanidine groups is 1. The van der Waals surface area contributed by atoms with Crippen LogP contribution in [0.3, 0.4) is 0 Å². The summed E-state index contributed by atoms with van der Waals surface area (Å²) in [6.45, 7) is 5.44. The molecular weight excluding hydrogens is 278 g/mol. The van der Waals surface area contributed by atoms with Gasteiger partial charge in [-0.3, -0.25) is 0 Å². The Hall–Kier alpha value is -1.49. The number of hydrogen-bond acceptors (Lipinski definition) is 3. The molecule has 5 heteroatoms. The lowest BCUT2D eigenvalue weighted by molar-refractivity contribution is 0.158. The molecule has 2 heterocycles. The van der Waals surface area contributed by atoms with E-state index in [4.69, 9.17) is 4.42 Å². The third-order valence-electron chi connectivity index (χ3n) is 5.02. The van der Waals surface area contributed by atoms with Crippen molar-refractivity contribution in [2.45, 2.75) is 45.1 Å². The van der Waals surface area contributed by atoms with Crippen molar-refractivity contribution >= 4 is 5.96 Å². The van der Waals surface area contributed by atoms with Gasteiger partial charge in [0.15, 0.2) is 5.96 Å². The van der Waals surface area contributed by atoms with Gasteiger partial charge in [0, 0.05) is 19.6 Å². The van der Waals surface area contributed by atoms with E-state index < -0.39 is 6.10 Å². The first kappa shape index (κ1) is 15.4. The number of nitrogens with one attached hydrogen (secondary N) is 1. The van der Waals surface area contributed by atoms with Crippen LogP contribution in [0.5, 0.6) is 0 Å². The van der Waals surface area contributed by atoms with Crippen molar-refractivity contribution in [3.63, 3.8) is 0 Å². The van der Waals surface area contributed by atoms with Crippen molar-refractivity contribution in [2.75, 3.05) is 26.2 Å². The summed E-state index contributed by atoms with van der Waals surface area (Å²) in [4.78, 5) is 6.99. The van der Waals surface area contributed by atoms with Gasteiger partial charge in [-0.25, -0.2) is 4.99 Å². The van der Waals surface area contributed by atoms with Crippen molar-refractivity contribution in [3.8, 4) is 0 Å². The second-order valence-corrected chi connectivity index (χ2v) is 6.60. The summed E-state index contributed by atoms with van der Waals surface area (Å²) >= 11 is 0. The molecule has 1 saturated heterocycles. The first-order valence-corrected chi connectivity index (χ1v) is 8.47. The second-order valence-electron chi connectivity index (χ2n) is 6.60. The van der Waals surface area contributed by atoms with Gasteiger partial charge < -0.3 is 19.7 Å². The molecule has 5 nitrogen and oxygen atoms in total. The molecule has 1 saturated carbocycles. The number of furan rings is 1. The van der Waals surface area contributed by atoms with Gasteiger partial charge in [-0.05, 0) is 43.7 Å². The topological polar surface area (TPSA) is 61.0 Å². The maximum Gasteiger partial charge on any atom is 0.194 e. The minimum Gasteiger partial charge on any atom is -0.467 e. The van der Waals surface area contributed by atoms with Gasteiger partial charge in [0.05, 0.1) is 12.8 Å². The Balaban J connectivity index is 1.63. The summed E-state index contributed by atoms with van der Waals surface area (Å²) in [6, 6.07) is 3.58. The van der Waals surface area contributed by atoms with Gasteiger partial charge in [-0.2, -0.15) is 0 Å². The van der Waals surface area contributed by atoms with Crippen LogP contribution in [0.1, 0.15) is 50.9 Å². The van der Waals surface area contributed by atoms with Crippen LogP contribution in [-0.4, -0.2) is 42.1 Å². The quantitative estimate of drug-likeness (QED) is 0.663. The zero-order valence-electron chi connectivity index (χ0n) is 13.4. The van der Waals surface area contributed by atoms with Crippen LogP contribution >= 0.6 is 0 Å². The Morgan fingerprint density at radius 1 is 1.45 bits per heavy atom. The van der Waals surface area contributed by atoms with E-state index in [1.807, 2.05) is 0 Å². The molecule has 1 unspecified atom stereocenters. The first-order valence-electron chi connectivity index (χ1n) is 8.47. The Morgan fingerprint density at radius 3 is 2.95 bits per heavy atom. The molecule has 122 valence electrons. The van der Waals surface area contributed by atoms with Crippen LogP contribution in [0.15, 0.2) is 27.8 Å². The van der Waals surface area contributed by atoms with E-state index in [1.54, 1.807) is 18.4 Å². The molecule has 1 aliphatic heterocycles. The van der Waals surface area contributed by atoms with E-state index in [9.17, 15) is 5.11 Å². The molecule has 22 heavy (non-hydrogen) atoms. The number of nitrogens with zero attached hydrogens (tertiary/aromatic N) is 2. The highest BCUT2D eigenvalue weighted by molar-refractivity contribution is 5.80. The van der Waals surface area contributed by atoms with Crippen LogP contribution in [0, 0.1) is 5.41 Å². The lowest BCUT2D eigenvalue weighted by Crippen LogP contribution is -2.41. The Kier molecular flexibility index (Phi) is 4.71. The SMILES string of the molecule is CCNC(=NCC(O)c1ccco1)N1CCC2(CCCC2)C1. The van der Waals surface area contributed by atoms with Crippen LogP contribution in [0.2, 0.25) is 0 Å². The molecule has 0 radical (unpaired) electrons. The molecule has 1 aromatic heterocycles. The highest BCUT2D eigenvalue weighted by atomic mass is 16.4. The summed E-state index contributed by atoms with van der Waals surface area (Å²) in [6.07, 6.45) is 7.65. The van der Waals surface area contributed by atoms with Crippen molar-refractivity contribution in [1.82, 2.24) is 10.2 Å². The smallest absolute Gasteiger partial charge is 0.194 e. The van der Waals surface area contributed by atoms with Crippen molar-refractivity contribution < 1.29 is 9.52 Å². The first-order chi connectivity index (χ1) is 10.7. The molecule has 0 bridgehead atoms. The zero-order valence-corrected chi connectivity index (χ0v) is 13.4. The highest BCUT2D eigenvalue weighted by Gasteiger charge is 2.41. The summed E-state index contributed by atoms with van der Waals surface area (Å²) in [7, 11) is 0. The highest BCUT2D eigenvalue weighted by Crippen LogP contribution is 2.45. The van der Waals surface area contributed by atoms with Gasteiger partial charge in [0.2, 0.25) is 0 Å². The summed E-state index contributed by atoms with van der Waals surface area (Å²) in [5.41, 5.74) is 0.524. The molecule has 1 aromatic rings. The van der Waals surface area contributed by atoms with E-state index >= 15 is 0 Å². The lowest BCUT2D eigenvalue weighted by Gasteiger charge is -2.26. The largest absolute Gasteiger partial charge is 0.467 e. The number of likely N-dealkylation sites (tertiary alicyclic amines) is 1. The van der Waals surface area contributed by atoms with Crippen LogP contribution in [0.25, 0.3) is 0 Å². The molecular formula is C17H27N3O2. The maximum absolute atomic E-state index is 10.1. The van der Waals surface area contributed by atoms with Gasteiger partial charge in [-0.1, -0.05) is 12.8 Å². The lowest BCUT2D eigenvalue weighted by atomic mass is 9.86. The standard InChI is InChI=1S/C17H27N3O2/c1-2-18-16(19-12-14(21)15-6-5-11-22-15)20-10-9-17(13-20)7-3-4-8-17/h5-6,11,14,21H,2-4,7-10,12-13H2,1H3,(H,18,19). The van der Waals surface area contributed by atoms with Gasteiger partial charge >= 0.3 is 0 Å². The Labute approximate surface area is 132 Å². The van der Waals surface area contributed by atoms with Gasteiger partial charge in [0.1, 0.15) is 11.9 Å². The molecule has 1 atom stereocenters. The van der Waals surface area contributed by atoms with E-state index in [1.165, 1.54) is 32.1 Å². The minimum atomic E-state index is -0.674. The molecule has 2 aliphatic rings. The third kappa shape index (κ3) is 3.29. The molecule has 0 aromatic carbocycles. The molecule has 2 N–H and O–H groups in total. The fraction of sp³-hybridized carbons (Fsp3) is 0.706. The monoisotopic (exact) mass is 305 g/mol. The summed E-state index contributed by atoms with van der Waals surface area (Å²) in [5.74, 6) is 1.50. The number of aliphatic hydroxyl groups is 1. The van der Waals surface area contributed by atoms with Crippen molar-refractivity contribution in [3.05, 3.63) is 24.2 Å². The molecule has 0 amide bonds. The zero-order chi connectivity index (χ0) is 15.4. The van der Waals surface area contributed by atoms with E-state index in [0.717, 1.165) is 25.6 Å². The Bertz CT molecular complexity index is 492. The molecule has 1 spiro atoms. The van der Waals surface area contributed by atoms with Crippen molar-refractivity contribution in [2.24, 2.45) is 10.4 Å². The average molecular weight is 305 g/mol. The van der Waals surface area contributed by atoms with Gasteiger partial charge in [0.25, 0.3) is 0 Å². The van der Waals surface area contributed by atoms with E-state index in [0.29, 0.717) is 17.7 Å². The third-order valence-corrected chi connectivity index (χ3v) is 5.02. The predicted octanol–water partition coefficient (Wildman–Crippen LogP) is 2.54. The molecule has 2 fully saturated rings. The fourth-order valence-electron chi connectivity index (χ4n) is 3.82. The number of aliphatic imine (C=N–C) groups is 1. The maximum atomic E-state index is 10.1. The van der Waals surface area contributed by atoms with E-state index in [2.05, 4.69) is 22.1 Å². The summed E-state index contributed by atoms with van der Waals surface area (Å²) < 4.78 is 5.24. The average Bonchev–Trinajstić information content (AvgIpc) is 3.27. The molecule has 1 aliphatic carbocycles. The number of aliphatic hydroxyl groups excluding tert-OH is 1. The van der Waals surface area contributed by atoms with Crippen LogP contribution < -0.4 is 5.32 Å². The normalized spacial score (nSPS) is 22.5. The predicted molar refractivity (Wildman–Crippen MR) is 86.7 cm³/mol. The minimum absolute atomic E-state index is 0.333.